The molecule has 0 aromatic rings. The molecule has 0 rings (SSSR count). The van der Waals surface area contributed by atoms with Crippen LogP contribution < -0.4 is 0 Å². The lowest BCUT2D eigenvalue weighted by Crippen LogP contribution is -2.08. The van der Waals surface area contributed by atoms with Gasteiger partial charge in [0.1, 0.15) is 6.10 Å². The summed E-state index contributed by atoms with van der Waals surface area (Å²) in [7, 11) is 6.37. The Labute approximate surface area is 80.7 Å². The normalized spacial score (nSPS) is 13.0. The Morgan fingerprint density at radius 3 is 2.64 bits per heavy atom. The molecule has 0 aromatic carbocycles. The van der Waals surface area contributed by atoms with Gasteiger partial charge < -0.3 is 0 Å². The Hall–Kier alpha value is 0.510. The molecule has 0 heterocycles. The quantitative estimate of drug-likeness (QED) is 0.391. The second-order valence-corrected chi connectivity index (χ2v) is 4.89. The first kappa shape index (κ1) is 11.5. The van der Waals surface area contributed by atoms with E-state index < -0.39 is 0 Å². The largest absolute Gasteiger partial charge is 0.288 e. The average Bonchev–Trinajstić information content (AvgIpc) is 1.97. The van der Waals surface area contributed by atoms with Crippen molar-refractivity contribution in [1.29, 1.82) is 0 Å². The van der Waals surface area contributed by atoms with E-state index in [0.29, 0.717) is 5.92 Å². The van der Waals surface area contributed by atoms with Crippen molar-refractivity contribution in [2.24, 2.45) is 5.92 Å². The summed E-state index contributed by atoms with van der Waals surface area (Å²) in [5, 5.41) is 0. The Morgan fingerprint density at radius 2 is 2.27 bits per heavy atom. The number of terminal acetylenes is 1. The van der Waals surface area contributed by atoms with Gasteiger partial charge >= 0.3 is 0 Å². The van der Waals surface area contributed by atoms with Gasteiger partial charge in [-0.25, -0.2) is 0 Å². The zero-order valence-corrected chi connectivity index (χ0v) is 8.93. The van der Waals surface area contributed by atoms with Crippen LogP contribution in [0.25, 0.3) is 0 Å². The summed E-state index contributed by atoms with van der Waals surface area (Å²) in [6, 6.07) is 0. The first-order chi connectivity index (χ1) is 5.20. The second-order valence-electron chi connectivity index (χ2n) is 2.51. The molecule has 0 saturated heterocycles. The summed E-state index contributed by atoms with van der Waals surface area (Å²) in [6.45, 7) is 4.21. The molecule has 1 unspecified atom stereocenters. The van der Waals surface area contributed by atoms with E-state index in [-0.39, 0.29) is 6.10 Å². The van der Waals surface area contributed by atoms with Crippen molar-refractivity contribution in [3.63, 3.8) is 0 Å². The molecule has 0 bridgehead atoms. The second kappa shape index (κ2) is 7.17. The van der Waals surface area contributed by atoms with Gasteiger partial charge in [0, 0.05) is 10.0 Å². The van der Waals surface area contributed by atoms with Crippen molar-refractivity contribution >= 4 is 31.8 Å². The van der Waals surface area contributed by atoms with Gasteiger partial charge in [-0.3, -0.25) is 4.18 Å². The Morgan fingerprint density at radius 1 is 1.64 bits per heavy atom. The fourth-order valence-electron chi connectivity index (χ4n) is 0.626. The lowest BCUT2D eigenvalue weighted by atomic mass is 10.1. The molecule has 64 valence electrons. The third-order valence-electron chi connectivity index (χ3n) is 1.05. The Bertz CT molecular complexity index is 133. The van der Waals surface area contributed by atoms with Crippen LogP contribution in [0.3, 0.4) is 0 Å². The minimum Gasteiger partial charge on any atom is -0.288 e. The van der Waals surface area contributed by atoms with Crippen LogP contribution in [0, 0.1) is 18.3 Å². The summed E-state index contributed by atoms with van der Waals surface area (Å²) in [4.78, 5) is 0. The van der Waals surface area contributed by atoms with Crippen LogP contribution in [0.1, 0.15) is 20.3 Å². The van der Waals surface area contributed by atoms with Gasteiger partial charge in [0.15, 0.2) is 0 Å². The minimum absolute atomic E-state index is 0.119. The van der Waals surface area contributed by atoms with Crippen molar-refractivity contribution < 1.29 is 4.18 Å². The molecular weight excluding hydrogens is 200 g/mol. The van der Waals surface area contributed by atoms with E-state index in [2.05, 4.69) is 19.8 Å². The maximum Gasteiger partial charge on any atom is 0.133 e. The molecule has 1 atom stereocenters. The summed E-state index contributed by atoms with van der Waals surface area (Å²) >= 11 is 1.12. The van der Waals surface area contributed by atoms with Crippen LogP contribution in [0.5, 0.6) is 0 Å². The molecule has 0 aliphatic heterocycles. The molecule has 4 heteroatoms. The van der Waals surface area contributed by atoms with Gasteiger partial charge in [0.25, 0.3) is 0 Å². The lowest BCUT2D eigenvalue weighted by molar-refractivity contribution is 0.272. The van der Waals surface area contributed by atoms with Crippen LogP contribution >= 0.6 is 31.8 Å². The van der Waals surface area contributed by atoms with Crippen molar-refractivity contribution in [2.45, 2.75) is 26.4 Å². The molecule has 1 nitrogen and oxygen atoms in total. The predicted molar refractivity (Wildman–Crippen MR) is 54.2 cm³/mol. The van der Waals surface area contributed by atoms with Gasteiger partial charge in [-0.1, -0.05) is 19.8 Å². The van der Waals surface area contributed by atoms with Gasteiger partial charge in [0.2, 0.25) is 0 Å². The van der Waals surface area contributed by atoms with Gasteiger partial charge in [-0.2, -0.15) is 0 Å². The lowest BCUT2D eigenvalue weighted by Gasteiger charge is -2.10. The summed E-state index contributed by atoms with van der Waals surface area (Å²) in [6.07, 6.45) is 5.98. The maximum absolute atomic E-state index is 5.33. The van der Waals surface area contributed by atoms with Gasteiger partial charge in [-0.05, 0) is 23.0 Å². The van der Waals surface area contributed by atoms with Crippen molar-refractivity contribution in [3.05, 3.63) is 0 Å². The molecule has 11 heavy (non-hydrogen) atoms. The third kappa shape index (κ3) is 6.89. The third-order valence-corrected chi connectivity index (χ3v) is 2.27. The topological polar surface area (TPSA) is 9.23 Å². The monoisotopic (exact) mass is 210 g/mol. The zero-order chi connectivity index (χ0) is 8.69. The molecule has 0 N–H and O–H groups in total. The summed E-state index contributed by atoms with van der Waals surface area (Å²) in [5.41, 5.74) is 0. The Balaban J connectivity index is 3.52. The highest BCUT2D eigenvalue weighted by Crippen LogP contribution is 2.28. The molecule has 0 aromatic heterocycles. The van der Waals surface area contributed by atoms with E-state index in [0.717, 1.165) is 27.5 Å². The molecule has 0 spiro atoms. The highest BCUT2D eigenvalue weighted by Gasteiger charge is 2.07. The minimum atomic E-state index is -0.119. The fourth-order valence-corrected chi connectivity index (χ4v) is 1.53. The SMILES string of the molecule is C#CC(CC(C)C)OSSCl. The number of hydrogen-bond donors (Lipinski definition) is 0. The van der Waals surface area contributed by atoms with E-state index in [1.165, 1.54) is 0 Å². The van der Waals surface area contributed by atoms with Crippen molar-refractivity contribution in [3.8, 4) is 12.3 Å². The Kier molecular flexibility index (Phi) is 7.51. The first-order valence-electron chi connectivity index (χ1n) is 3.27. The summed E-state index contributed by atoms with van der Waals surface area (Å²) < 4.78 is 5.16. The maximum atomic E-state index is 5.33. The van der Waals surface area contributed by atoms with E-state index >= 15 is 0 Å². The molecule has 0 saturated carbocycles. The standard InChI is InChI=1S/C7H11ClOS2/c1-4-7(5-6(2)3)9-11-10-8/h1,6-7H,5H2,2-3H3. The number of hydrogen-bond acceptors (Lipinski definition) is 3. The smallest absolute Gasteiger partial charge is 0.133 e. The molecule has 0 amide bonds. The van der Waals surface area contributed by atoms with Crippen molar-refractivity contribution in [2.75, 3.05) is 0 Å². The van der Waals surface area contributed by atoms with E-state index in [9.17, 15) is 0 Å². The molecule has 0 fully saturated rings. The molecular formula is C7H11ClOS2. The average molecular weight is 211 g/mol. The predicted octanol–water partition coefficient (Wildman–Crippen LogP) is 3.50. The van der Waals surface area contributed by atoms with E-state index in [1.807, 2.05) is 0 Å². The van der Waals surface area contributed by atoms with Crippen LogP contribution in [0.2, 0.25) is 0 Å². The molecule has 0 radical (unpaired) electrons. The van der Waals surface area contributed by atoms with Gasteiger partial charge in [-0.15, -0.1) is 6.42 Å². The van der Waals surface area contributed by atoms with Crippen LogP contribution in [0.4, 0.5) is 0 Å². The highest BCUT2D eigenvalue weighted by atomic mass is 35.7. The van der Waals surface area contributed by atoms with Gasteiger partial charge in [0.05, 0.1) is 11.1 Å². The van der Waals surface area contributed by atoms with Crippen LogP contribution in [-0.2, 0) is 4.18 Å². The summed E-state index contributed by atoms with van der Waals surface area (Å²) in [5.74, 6) is 3.11. The van der Waals surface area contributed by atoms with E-state index in [4.69, 9.17) is 21.3 Å². The van der Waals surface area contributed by atoms with E-state index in [1.54, 1.807) is 0 Å². The molecule has 0 aliphatic carbocycles. The van der Waals surface area contributed by atoms with Crippen molar-refractivity contribution in [1.82, 2.24) is 0 Å². The van der Waals surface area contributed by atoms with Crippen LogP contribution in [-0.4, -0.2) is 6.10 Å². The van der Waals surface area contributed by atoms with Crippen LogP contribution in [0.15, 0.2) is 0 Å². The first-order valence-corrected chi connectivity index (χ1v) is 6.17. The highest BCUT2D eigenvalue weighted by molar-refractivity contribution is 8.83. The zero-order valence-electron chi connectivity index (χ0n) is 6.54. The number of halogens is 1. The number of rotatable bonds is 5. The fraction of sp³-hybridized carbons (Fsp3) is 0.714. The molecule has 0 aliphatic rings.